The van der Waals surface area contributed by atoms with Gasteiger partial charge in [0.2, 0.25) is 0 Å². The SMILES string of the molecule is Nc1ncccc1-c1nc2ccc(-n3cccn3)nc2n1-c1ccc2c(c1)CC[C@H]2N. The molecule has 5 aromatic rings. The molecule has 0 amide bonds. The van der Waals surface area contributed by atoms with Crippen LogP contribution in [0, 0.1) is 0 Å². The molecule has 4 N–H and O–H groups in total. The molecule has 1 aliphatic rings. The van der Waals surface area contributed by atoms with Crippen molar-refractivity contribution >= 4 is 17.0 Å². The standard InChI is InChI=1S/C23H20N8/c24-18-7-4-14-13-15(5-6-16(14)18)31-22(17-3-1-10-26-21(17)25)28-19-8-9-20(29-23(19)31)30-12-2-11-27-30/h1-3,5-6,8-13,18H,4,7,24H2,(H2,25,26)/t18-/m1/s1. The number of nitrogens with two attached hydrogens (primary N) is 2. The van der Waals surface area contributed by atoms with E-state index < -0.39 is 0 Å². The molecule has 1 aromatic carbocycles. The number of nitrogen functional groups attached to an aromatic ring is 1. The number of anilines is 1. The van der Waals surface area contributed by atoms with Crippen LogP contribution in [0.4, 0.5) is 5.82 Å². The zero-order valence-electron chi connectivity index (χ0n) is 16.7. The van der Waals surface area contributed by atoms with Crippen molar-refractivity contribution in [1.29, 1.82) is 0 Å². The van der Waals surface area contributed by atoms with Crippen molar-refractivity contribution in [2.75, 3.05) is 5.73 Å². The summed E-state index contributed by atoms with van der Waals surface area (Å²) >= 11 is 0. The van der Waals surface area contributed by atoms with Crippen molar-refractivity contribution in [2.24, 2.45) is 5.73 Å². The van der Waals surface area contributed by atoms with Gasteiger partial charge in [0.25, 0.3) is 0 Å². The average molecular weight is 408 g/mol. The second-order valence-electron chi connectivity index (χ2n) is 7.70. The maximum Gasteiger partial charge on any atom is 0.167 e. The quantitative estimate of drug-likeness (QED) is 0.474. The van der Waals surface area contributed by atoms with Crippen molar-refractivity contribution in [3.8, 4) is 22.9 Å². The second-order valence-corrected chi connectivity index (χ2v) is 7.70. The Balaban J connectivity index is 1.64. The molecule has 152 valence electrons. The molecule has 0 bridgehead atoms. The molecule has 31 heavy (non-hydrogen) atoms. The van der Waals surface area contributed by atoms with Gasteiger partial charge in [-0.1, -0.05) is 6.07 Å². The van der Waals surface area contributed by atoms with Crippen LogP contribution in [0.5, 0.6) is 0 Å². The van der Waals surface area contributed by atoms with Gasteiger partial charge in [0, 0.05) is 30.3 Å². The molecular weight excluding hydrogens is 388 g/mol. The highest BCUT2D eigenvalue weighted by molar-refractivity contribution is 5.83. The summed E-state index contributed by atoms with van der Waals surface area (Å²) in [6, 6.07) is 16.0. The summed E-state index contributed by atoms with van der Waals surface area (Å²) in [5.74, 6) is 1.84. The lowest BCUT2D eigenvalue weighted by Crippen LogP contribution is -2.06. The number of benzene rings is 1. The second kappa shape index (κ2) is 6.75. The average Bonchev–Trinajstić information content (AvgIpc) is 3.52. The fourth-order valence-corrected chi connectivity index (χ4v) is 4.29. The molecule has 0 fully saturated rings. The van der Waals surface area contributed by atoms with Crippen LogP contribution < -0.4 is 11.5 Å². The molecule has 8 nitrogen and oxygen atoms in total. The van der Waals surface area contributed by atoms with Crippen molar-refractivity contribution in [3.05, 3.63) is 78.2 Å². The summed E-state index contributed by atoms with van der Waals surface area (Å²) in [6.07, 6.45) is 7.21. The molecule has 1 atom stereocenters. The first-order valence-corrected chi connectivity index (χ1v) is 10.2. The first-order chi connectivity index (χ1) is 15.2. The van der Waals surface area contributed by atoms with Crippen molar-refractivity contribution in [2.45, 2.75) is 18.9 Å². The highest BCUT2D eigenvalue weighted by Gasteiger charge is 2.22. The third-order valence-corrected chi connectivity index (χ3v) is 5.82. The van der Waals surface area contributed by atoms with E-state index in [1.807, 2.05) is 41.1 Å². The third kappa shape index (κ3) is 2.80. The van der Waals surface area contributed by atoms with Crippen LogP contribution in [0.2, 0.25) is 0 Å². The predicted molar refractivity (Wildman–Crippen MR) is 119 cm³/mol. The van der Waals surface area contributed by atoms with E-state index in [-0.39, 0.29) is 6.04 Å². The molecule has 0 spiro atoms. The maximum absolute atomic E-state index is 6.25. The van der Waals surface area contributed by atoms with Crippen LogP contribution in [0.15, 0.2) is 67.1 Å². The van der Waals surface area contributed by atoms with Gasteiger partial charge < -0.3 is 11.5 Å². The van der Waals surface area contributed by atoms with E-state index in [4.69, 9.17) is 21.4 Å². The summed E-state index contributed by atoms with van der Waals surface area (Å²) in [5, 5.41) is 4.31. The van der Waals surface area contributed by atoms with E-state index in [0.29, 0.717) is 17.5 Å². The lowest BCUT2D eigenvalue weighted by atomic mass is 10.1. The Morgan fingerprint density at radius 3 is 2.77 bits per heavy atom. The van der Waals surface area contributed by atoms with Crippen LogP contribution in [-0.4, -0.2) is 29.3 Å². The Morgan fingerprint density at radius 1 is 1.00 bits per heavy atom. The zero-order chi connectivity index (χ0) is 20.9. The summed E-state index contributed by atoms with van der Waals surface area (Å²) in [5.41, 5.74) is 18.2. The van der Waals surface area contributed by atoms with Gasteiger partial charge in [0.1, 0.15) is 11.3 Å². The Hall–Kier alpha value is -4.04. The van der Waals surface area contributed by atoms with Gasteiger partial charge in [-0.3, -0.25) is 4.57 Å². The number of hydrogen-bond acceptors (Lipinski definition) is 6. The molecule has 0 aliphatic heterocycles. The highest BCUT2D eigenvalue weighted by Crippen LogP contribution is 2.34. The predicted octanol–water partition coefficient (Wildman–Crippen LogP) is 3.20. The number of hydrogen-bond donors (Lipinski definition) is 2. The number of fused-ring (bicyclic) bond motifs is 2. The van der Waals surface area contributed by atoms with Crippen molar-refractivity contribution in [1.82, 2.24) is 29.3 Å². The zero-order valence-corrected chi connectivity index (χ0v) is 16.7. The molecule has 0 saturated heterocycles. The van der Waals surface area contributed by atoms with E-state index in [1.54, 1.807) is 17.1 Å². The fourth-order valence-electron chi connectivity index (χ4n) is 4.29. The van der Waals surface area contributed by atoms with E-state index in [1.165, 1.54) is 11.1 Å². The van der Waals surface area contributed by atoms with Crippen LogP contribution >= 0.6 is 0 Å². The fraction of sp³-hybridized carbons (Fsp3) is 0.130. The summed E-state index contributed by atoms with van der Waals surface area (Å²) in [7, 11) is 0. The van der Waals surface area contributed by atoms with Crippen LogP contribution in [-0.2, 0) is 6.42 Å². The third-order valence-electron chi connectivity index (χ3n) is 5.82. The molecule has 1 aliphatic carbocycles. The lowest BCUT2D eigenvalue weighted by molar-refractivity contribution is 0.713. The minimum atomic E-state index is 0.0987. The van der Waals surface area contributed by atoms with Gasteiger partial charge in [-0.15, -0.1) is 0 Å². The molecule has 6 rings (SSSR count). The van der Waals surface area contributed by atoms with Gasteiger partial charge in [0.15, 0.2) is 17.3 Å². The minimum absolute atomic E-state index is 0.0987. The number of nitrogens with zero attached hydrogens (tertiary/aromatic N) is 6. The molecule has 0 radical (unpaired) electrons. The number of aromatic nitrogens is 6. The summed E-state index contributed by atoms with van der Waals surface area (Å²) in [6.45, 7) is 0. The van der Waals surface area contributed by atoms with Crippen molar-refractivity contribution < 1.29 is 0 Å². The normalized spacial score (nSPS) is 15.5. The summed E-state index contributed by atoms with van der Waals surface area (Å²) in [4.78, 5) is 14.0. The van der Waals surface area contributed by atoms with E-state index in [0.717, 1.165) is 35.3 Å². The smallest absolute Gasteiger partial charge is 0.167 e. The minimum Gasteiger partial charge on any atom is -0.383 e. The Morgan fingerprint density at radius 2 is 1.94 bits per heavy atom. The summed E-state index contributed by atoms with van der Waals surface area (Å²) < 4.78 is 3.77. The molecule has 4 aromatic heterocycles. The topological polar surface area (TPSA) is 113 Å². The first-order valence-electron chi connectivity index (χ1n) is 10.2. The van der Waals surface area contributed by atoms with E-state index in [2.05, 4.69) is 28.3 Å². The molecule has 0 unspecified atom stereocenters. The highest BCUT2D eigenvalue weighted by atomic mass is 15.3. The number of rotatable bonds is 3. The molecule has 8 heteroatoms. The van der Waals surface area contributed by atoms with Crippen LogP contribution in [0.25, 0.3) is 34.1 Å². The van der Waals surface area contributed by atoms with Crippen LogP contribution in [0.3, 0.4) is 0 Å². The largest absolute Gasteiger partial charge is 0.383 e. The van der Waals surface area contributed by atoms with Gasteiger partial charge in [-0.25, -0.2) is 19.6 Å². The first kappa shape index (κ1) is 17.8. The molecule has 4 heterocycles. The van der Waals surface area contributed by atoms with Crippen molar-refractivity contribution in [3.63, 3.8) is 0 Å². The van der Waals surface area contributed by atoms with E-state index in [9.17, 15) is 0 Å². The Bertz CT molecular complexity index is 1420. The number of aryl methyl sites for hydroxylation is 1. The van der Waals surface area contributed by atoms with Gasteiger partial charge in [0.05, 0.1) is 5.56 Å². The van der Waals surface area contributed by atoms with Gasteiger partial charge in [-0.05, 0) is 66.4 Å². The van der Waals surface area contributed by atoms with Gasteiger partial charge >= 0.3 is 0 Å². The monoisotopic (exact) mass is 408 g/mol. The maximum atomic E-state index is 6.25. The number of pyridine rings is 2. The Labute approximate surface area is 178 Å². The van der Waals surface area contributed by atoms with Crippen LogP contribution in [0.1, 0.15) is 23.6 Å². The lowest BCUT2D eigenvalue weighted by Gasteiger charge is -2.13. The van der Waals surface area contributed by atoms with E-state index >= 15 is 0 Å². The molecule has 0 saturated carbocycles. The number of imidazole rings is 1. The Kier molecular flexibility index (Phi) is 3.87. The molecular formula is C23H20N8. The van der Waals surface area contributed by atoms with Gasteiger partial charge in [-0.2, -0.15) is 5.10 Å².